The van der Waals surface area contributed by atoms with E-state index in [2.05, 4.69) is 23.3 Å². The average Bonchev–Trinajstić information content (AvgIpc) is 2.89. The first-order chi connectivity index (χ1) is 12.4. The SMILES string of the molecule is Cc1cccc(CCO)c1CNc1cc(C(N)=O)cn2c(C)c(C)nc12. The largest absolute Gasteiger partial charge is 0.396 e. The number of carbonyl (C=O) groups excluding carboxylic acids is 1. The van der Waals surface area contributed by atoms with Crippen molar-refractivity contribution in [1.29, 1.82) is 0 Å². The lowest BCUT2D eigenvalue weighted by atomic mass is 9.99. The van der Waals surface area contributed by atoms with Crippen LogP contribution < -0.4 is 11.1 Å². The molecule has 0 unspecified atom stereocenters. The van der Waals surface area contributed by atoms with E-state index >= 15 is 0 Å². The standard InChI is InChI=1S/C20H24N4O2/c1-12-5-4-6-15(7-8-25)17(12)10-22-18-9-16(19(21)26)11-24-14(3)13(2)23-20(18)24/h4-6,9,11,22,25H,7-8,10H2,1-3H3,(H2,21,26). The number of imidazole rings is 1. The first-order valence-corrected chi connectivity index (χ1v) is 8.63. The third-order valence-electron chi connectivity index (χ3n) is 4.82. The Hall–Kier alpha value is -2.86. The zero-order chi connectivity index (χ0) is 18.8. The lowest BCUT2D eigenvalue weighted by Gasteiger charge is -2.15. The number of rotatable bonds is 6. The first-order valence-electron chi connectivity index (χ1n) is 8.63. The molecule has 4 N–H and O–H groups in total. The van der Waals surface area contributed by atoms with Gasteiger partial charge in [-0.1, -0.05) is 18.2 Å². The summed E-state index contributed by atoms with van der Waals surface area (Å²) in [6.07, 6.45) is 2.33. The summed E-state index contributed by atoms with van der Waals surface area (Å²) in [6.45, 7) is 6.64. The van der Waals surface area contributed by atoms with Gasteiger partial charge in [0.2, 0.25) is 5.91 Å². The smallest absolute Gasteiger partial charge is 0.250 e. The number of nitrogens with two attached hydrogens (primary N) is 1. The number of aromatic nitrogens is 2. The van der Waals surface area contributed by atoms with Crippen molar-refractivity contribution in [1.82, 2.24) is 9.38 Å². The van der Waals surface area contributed by atoms with Crippen LogP contribution in [0.2, 0.25) is 0 Å². The lowest BCUT2D eigenvalue weighted by Crippen LogP contribution is -2.14. The van der Waals surface area contributed by atoms with Crippen molar-refractivity contribution in [3.63, 3.8) is 0 Å². The number of nitrogens with one attached hydrogen (secondary N) is 1. The number of pyridine rings is 1. The zero-order valence-electron chi connectivity index (χ0n) is 15.3. The Balaban J connectivity index is 2.02. The number of benzene rings is 1. The number of primary amides is 1. The van der Waals surface area contributed by atoms with Crippen molar-refractivity contribution in [3.8, 4) is 0 Å². The van der Waals surface area contributed by atoms with E-state index in [1.54, 1.807) is 12.3 Å². The summed E-state index contributed by atoms with van der Waals surface area (Å²) >= 11 is 0. The summed E-state index contributed by atoms with van der Waals surface area (Å²) < 4.78 is 1.89. The van der Waals surface area contributed by atoms with Crippen molar-refractivity contribution in [2.75, 3.05) is 11.9 Å². The summed E-state index contributed by atoms with van der Waals surface area (Å²) in [5.41, 5.74) is 12.7. The number of anilines is 1. The maximum Gasteiger partial charge on any atom is 0.250 e. The Morgan fingerprint density at radius 3 is 2.77 bits per heavy atom. The van der Waals surface area contributed by atoms with Crippen LogP contribution in [0.5, 0.6) is 0 Å². The lowest BCUT2D eigenvalue weighted by molar-refractivity contribution is 0.1000. The third-order valence-corrected chi connectivity index (χ3v) is 4.82. The molecule has 6 heteroatoms. The van der Waals surface area contributed by atoms with Crippen LogP contribution >= 0.6 is 0 Å². The summed E-state index contributed by atoms with van der Waals surface area (Å²) in [5, 5.41) is 12.7. The van der Waals surface area contributed by atoms with Gasteiger partial charge in [0.25, 0.3) is 0 Å². The van der Waals surface area contributed by atoms with Crippen LogP contribution in [0.3, 0.4) is 0 Å². The maximum atomic E-state index is 11.7. The summed E-state index contributed by atoms with van der Waals surface area (Å²) in [7, 11) is 0. The highest BCUT2D eigenvalue weighted by Crippen LogP contribution is 2.24. The van der Waals surface area contributed by atoms with Crippen LogP contribution in [0, 0.1) is 20.8 Å². The average molecular weight is 352 g/mol. The normalized spacial score (nSPS) is 11.1. The van der Waals surface area contributed by atoms with Gasteiger partial charge in [-0.2, -0.15) is 0 Å². The molecular weight excluding hydrogens is 328 g/mol. The molecule has 0 saturated heterocycles. The van der Waals surface area contributed by atoms with E-state index in [0.717, 1.165) is 39.4 Å². The molecule has 136 valence electrons. The molecule has 0 radical (unpaired) electrons. The number of fused-ring (bicyclic) bond motifs is 1. The van der Waals surface area contributed by atoms with Crippen molar-refractivity contribution < 1.29 is 9.90 Å². The van der Waals surface area contributed by atoms with E-state index in [0.29, 0.717) is 18.5 Å². The fraction of sp³-hybridized carbons (Fsp3) is 0.300. The van der Waals surface area contributed by atoms with Crippen LogP contribution in [0.4, 0.5) is 5.69 Å². The zero-order valence-corrected chi connectivity index (χ0v) is 15.3. The number of aliphatic hydroxyl groups is 1. The Morgan fingerprint density at radius 1 is 1.31 bits per heavy atom. The van der Waals surface area contributed by atoms with Gasteiger partial charge >= 0.3 is 0 Å². The van der Waals surface area contributed by atoms with E-state index in [4.69, 9.17) is 5.73 Å². The minimum absolute atomic E-state index is 0.108. The maximum absolute atomic E-state index is 11.7. The molecule has 0 aliphatic carbocycles. The van der Waals surface area contributed by atoms with Gasteiger partial charge in [0.1, 0.15) is 0 Å². The van der Waals surface area contributed by atoms with Gasteiger partial charge in [0.05, 0.1) is 16.9 Å². The Morgan fingerprint density at radius 2 is 2.08 bits per heavy atom. The molecule has 0 spiro atoms. The molecule has 1 amide bonds. The second-order valence-corrected chi connectivity index (χ2v) is 6.52. The Kier molecular flexibility index (Phi) is 4.95. The van der Waals surface area contributed by atoms with Crippen molar-refractivity contribution in [3.05, 3.63) is 64.1 Å². The van der Waals surface area contributed by atoms with Gasteiger partial charge in [0, 0.05) is 25.0 Å². The molecule has 0 atom stereocenters. The van der Waals surface area contributed by atoms with Gasteiger partial charge in [-0.05, 0) is 49.9 Å². The van der Waals surface area contributed by atoms with Gasteiger partial charge in [-0.15, -0.1) is 0 Å². The number of aryl methyl sites for hydroxylation is 3. The summed E-state index contributed by atoms with van der Waals surface area (Å²) in [6, 6.07) is 7.82. The molecule has 26 heavy (non-hydrogen) atoms. The molecule has 0 fully saturated rings. The molecule has 1 aromatic carbocycles. The van der Waals surface area contributed by atoms with Crippen LogP contribution in [-0.2, 0) is 13.0 Å². The van der Waals surface area contributed by atoms with E-state index in [1.165, 1.54) is 0 Å². The highest BCUT2D eigenvalue weighted by Gasteiger charge is 2.14. The molecule has 6 nitrogen and oxygen atoms in total. The number of carbonyl (C=O) groups is 1. The predicted octanol–water partition coefficient (Wildman–Crippen LogP) is 2.51. The van der Waals surface area contributed by atoms with E-state index in [-0.39, 0.29) is 6.61 Å². The molecule has 0 aliphatic rings. The monoisotopic (exact) mass is 352 g/mol. The number of hydrogen-bond acceptors (Lipinski definition) is 4. The fourth-order valence-electron chi connectivity index (χ4n) is 3.19. The second kappa shape index (κ2) is 7.17. The minimum atomic E-state index is -0.474. The fourth-order valence-corrected chi connectivity index (χ4v) is 3.19. The van der Waals surface area contributed by atoms with Crippen LogP contribution in [0.25, 0.3) is 5.65 Å². The molecule has 2 heterocycles. The van der Waals surface area contributed by atoms with Crippen molar-refractivity contribution in [2.24, 2.45) is 5.73 Å². The number of nitrogens with zero attached hydrogens (tertiary/aromatic N) is 2. The second-order valence-electron chi connectivity index (χ2n) is 6.52. The van der Waals surface area contributed by atoms with E-state index in [9.17, 15) is 9.90 Å². The van der Waals surface area contributed by atoms with Crippen molar-refractivity contribution in [2.45, 2.75) is 33.7 Å². The first kappa shape index (κ1) is 17.9. The van der Waals surface area contributed by atoms with Gasteiger partial charge in [0.15, 0.2) is 5.65 Å². The van der Waals surface area contributed by atoms with Crippen molar-refractivity contribution >= 4 is 17.2 Å². The number of aliphatic hydroxyl groups excluding tert-OH is 1. The van der Waals surface area contributed by atoms with E-state index < -0.39 is 5.91 Å². The molecule has 0 aliphatic heterocycles. The molecule has 3 rings (SSSR count). The van der Waals surface area contributed by atoms with Crippen LogP contribution in [0.15, 0.2) is 30.5 Å². The van der Waals surface area contributed by atoms with Gasteiger partial charge in [-0.3, -0.25) is 4.79 Å². The molecule has 3 aromatic rings. The Labute approximate surface area is 152 Å². The third kappa shape index (κ3) is 3.28. The number of hydrogen-bond donors (Lipinski definition) is 3. The van der Waals surface area contributed by atoms with Gasteiger partial charge < -0.3 is 20.6 Å². The molecule has 0 bridgehead atoms. The highest BCUT2D eigenvalue weighted by molar-refractivity contribution is 5.94. The summed E-state index contributed by atoms with van der Waals surface area (Å²) in [5.74, 6) is -0.474. The molecule has 2 aromatic heterocycles. The van der Waals surface area contributed by atoms with Crippen LogP contribution in [0.1, 0.15) is 38.4 Å². The Bertz CT molecular complexity index is 976. The highest BCUT2D eigenvalue weighted by atomic mass is 16.3. The number of amides is 1. The predicted molar refractivity (Wildman–Crippen MR) is 102 cm³/mol. The quantitative estimate of drug-likeness (QED) is 0.635. The van der Waals surface area contributed by atoms with Gasteiger partial charge in [-0.25, -0.2) is 4.98 Å². The minimum Gasteiger partial charge on any atom is -0.396 e. The summed E-state index contributed by atoms with van der Waals surface area (Å²) in [4.78, 5) is 16.3. The molecular formula is C20H24N4O2. The van der Waals surface area contributed by atoms with E-state index in [1.807, 2.05) is 30.4 Å². The molecule has 0 saturated carbocycles. The topological polar surface area (TPSA) is 92.6 Å². The van der Waals surface area contributed by atoms with Crippen LogP contribution in [-0.4, -0.2) is 27.0 Å².